The number of aromatic nitrogens is 1. The van der Waals surface area contributed by atoms with Crippen LogP contribution in [0.5, 0.6) is 0 Å². The quantitative estimate of drug-likeness (QED) is 0.633. The lowest BCUT2D eigenvalue weighted by molar-refractivity contribution is -0.255. The van der Waals surface area contributed by atoms with Gasteiger partial charge in [0.05, 0.1) is 11.7 Å². The van der Waals surface area contributed by atoms with Crippen LogP contribution >= 0.6 is 23.2 Å². The number of hydrogen-bond acceptors (Lipinski definition) is 2. The molecule has 0 spiro atoms. The van der Waals surface area contributed by atoms with E-state index in [1.54, 1.807) is 0 Å². The molecule has 1 heterocycles. The Kier molecular flexibility index (Phi) is 4.73. The number of carboxylic acid groups (broad SMARTS) is 1. The van der Waals surface area contributed by atoms with Gasteiger partial charge in [-0.25, -0.2) is 0 Å². The molecule has 0 saturated heterocycles. The largest absolute Gasteiger partial charge is 0.543 e. The van der Waals surface area contributed by atoms with Crippen molar-refractivity contribution in [2.75, 3.05) is 0 Å². The summed E-state index contributed by atoms with van der Waals surface area (Å²) >= 11 is 11.7. The molecule has 3 rings (SSSR count). The number of rotatable bonds is 3. The van der Waals surface area contributed by atoms with Gasteiger partial charge in [0.1, 0.15) is 5.69 Å². The molecule has 3 nitrogen and oxygen atoms in total. The van der Waals surface area contributed by atoms with E-state index in [1.807, 2.05) is 0 Å². The molecule has 2 aromatic carbocycles. The van der Waals surface area contributed by atoms with E-state index in [9.17, 15) is 23.1 Å². The van der Waals surface area contributed by atoms with Crippen LogP contribution in [0.3, 0.4) is 0 Å². The van der Waals surface area contributed by atoms with Crippen LogP contribution in [-0.2, 0) is 6.18 Å². The summed E-state index contributed by atoms with van der Waals surface area (Å²) in [7, 11) is 0. The zero-order chi connectivity index (χ0) is 19.1. The third-order valence-electron chi connectivity index (χ3n) is 3.71. The highest BCUT2D eigenvalue weighted by molar-refractivity contribution is 6.31. The van der Waals surface area contributed by atoms with Gasteiger partial charge in [0, 0.05) is 21.3 Å². The van der Waals surface area contributed by atoms with E-state index >= 15 is 0 Å². The third-order valence-corrected chi connectivity index (χ3v) is 4.19. The Bertz CT molecular complexity index is 979. The molecule has 26 heavy (non-hydrogen) atoms. The van der Waals surface area contributed by atoms with Gasteiger partial charge in [-0.15, -0.1) is 0 Å². The minimum absolute atomic E-state index is 0.0377. The van der Waals surface area contributed by atoms with Crippen molar-refractivity contribution in [2.24, 2.45) is 0 Å². The number of halogens is 5. The molecule has 1 aromatic heterocycles. The van der Waals surface area contributed by atoms with Gasteiger partial charge in [-0.1, -0.05) is 41.4 Å². The van der Waals surface area contributed by atoms with E-state index < -0.39 is 23.5 Å². The standard InChI is InChI=1S/C18H10Cl2F3NO2/c19-11-6-4-10(5-7-11)14-9-15(18(21,22)23)24(16(14)17(25)26)13-3-1-2-12(20)8-13/h1-9H,(H,25,26)/p-1. The molecule has 0 saturated carbocycles. The molecule has 0 atom stereocenters. The first-order valence-electron chi connectivity index (χ1n) is 7.24. The maximum absolute atomic E-state index is 13.6. The molecule has 0 aliphatic carbocycles. The summed E-state index contributed by atoms with van der Waals surface area (Å²) in [6, 6.07) is 12.0. The predicted molar refractivity (Wildman–Crippen MR) is 90.6 cm³/mol. The summed E-state index contributed by atoms with van der Waals surface area (Å²) in [5.41, 5.74) is -1.68. The zero-order valence-electron chi connectivity index (χ0n) is 12.8. The second-order valence-electron chi connectivity index (χ2n) is 5.40. The van der Waals surface area contributed by atoms with Crippen LogP contribution in [0.15, 0.2) is 54.6 Å². The van der Waals surface area contributed by atoms with Crippen molar-refractivity contribution < 1.29 is 23.1 Å². The minimum atomic E-state index is -4.79. The summed E-state index contributed by atoms with van der Waals surface area (Å²) in [6.45, 7) is 0. The zero-order valence-corrected chi connectivity index (χ0v) is 14.4. The Labute approximate surface area is 156 Å². The van der Waals surface area contributed by atoms with E-state index in [1.165, 1.54) is 48.5 Å². The van der Waals surface area contributed by atoms with Crippen LogP contribution in [-0.4, -0.2) is 10.5 Å². The van der Waals surface area contributed by atoms with Crippen LogP contribution in [0.2, 0.25) is 10.0 Å². The van der Waals surface area contributed by atoms with Crippen LogP contribution in [0, 0.1) is 0 Å². The first kappa shape index (κ1) is 18.4. The average Bonchev–Trinajstić information content (AvgIpc) is 2.96. The van der Waals surface area contributed by atoms with Crippen LogP contribution in [0.4, 0.5) is 13.2 Å². The van der Waals surface area contributed by atoms with E-state index in [-0.39, 0.29) is 21.8 Å². The molecule has 0 amide bonds. The van der Waals surface area contributed by atoms with Gasteiger partial charge in [-0.2, -0.15) is 13.2 Å². The first-order valence-corrected chi connectivity index (χ1v) is 8.00. The van der Waals surface area contributed by atoms with E-state index in [2.05, 4.69) is 0 Å². The molecule has 3 aromatic rings. The van der Waals surface area contributed by atoms with Crippen LogP contribution in [0.25, 0.3) is 16.8 Å². The van der Waals surface area contributed by atoms with Gasteiger partial charge in [0.15, 0.2) is 0 Å². The lowest BCUT2D eigenvalue weighted by atomic mass is 10.1. The Hall–Kier alpha value is -2.44. The normalized spacial score (nSPS) is 11.6. The van der Waals surface area contributed by atoms with Crippen molar-refractivity contribution in [3.05, 3.63) is 76.0 Å². The van der Waals surface area contributed by atoms with Gasteiger partial charge in [0.25, 0.3) is 0 Å². The Morgan fingerprint density at radius 3 is 2.15 bits per heavy atom. The predicted octanol–water partition coefficient (Wildman–Crippen LogP) is 4.83. The number of alkyl halides is 3. The monoisotopic (exact) mass is 398 g/mol. The van der Waals surface area contributed by atoms with Crippen LogP contribution < -0.4 is 5.11 Å². The smallest absolute Gasteiger partial charge is 0.431 e. The summed E-state index contributed by atoms with van der Waals surface area (Å²) < 4.78 is 41.3. The van der Waals surface area contributed by atoms with Gasteiger partial charge in [0.2, 0.25) is 0 Å². The molecule has 0 N–H and O–H groups in total. The Balaban J connectivity index is 2.37. The number of hydrogen-bond donors (Lipinski definition) is 0. The molecular weight excluding hydrogens is 390 g/mol. The Morgan fingerprint density at radius 2 is 1.62 bits per heavy atom. The van der Waals surface area contributed by atoms with Crippen molar-refractivity contribution in [1.29, 1.82) is 0 Å². The van der Waals surface area contributed by atoms with E-state index in [0.29, 0.717) is 9.59 Å². The fourth-order valence-electron chi connectivity index (χ4n) is 2.65. The fraction of sp³-hybridized carbons (Fsp3) is 0.0556. The number of carboxylic acids is 1. The van der Waals surface area contributed by atoms with Gasteiger partial charge in [-0.3, -0.25) is 0 Å². The maximum atomic E-state index is 13.6. The number of aromatic carboxylic acids is 1. The number of carbonyl (C=O) groups is 1. The van der Waals surface area contributed by atoms with Crippen molar-refractivity contribution in [2.45, 2.75) is 6.18 Å². The summed E-state index contributed by atoms with van der Waals surface area (Å²) in [5, 5.41) is 12.3. The van der Waals surface area contributed by atoms with Gasteiger partial charge in [-0.05, 0) is 42.0 Å². The molecule has 0 aliphatic rings. The fourth-order valence-corrected chi connectivity index (χ4v) is 2.96. The number of carbonyl (C=O) groups excluding carboxylic acids is 1. The maximum Gasteiger partial charge on any atom is 0.431 e. The topological polar surface area (TPSA) is 45.1 Å². The lowest BCUT2D eigenvalue weighted by Crippen LogP contribution is -2.27. The summed E-state index contributed by atoms with van der Waals surface area (Å²) in [6.07, 6.45) is -4.79. The summed E-state index contributed by atoms with van der Waals surface area (Å²) in [4.78, 5) is 11.7. The molecule has 0 unspecified atom stereocenters. The molecule has 0 fully saturated rings. The molecule has 0 bridgehead atoms. The molecule has 0 radical (unpaired) electrons. The molecular formula is C18H9Cl2F3NO2-. The molecule has 0 aliphatic heterocycles. The average molecular weight is 399 g/mol. The SMILES string of the molecule is O=C([O-])c1c(-c2ccc(Cl)cc2)cc(C(F)(F)F)n1-c1cccc(Cl)c1. The second kappa shape index (κ2) is 6.70. The minimum Gasteiger partial charge on any atom is -0.543 e. The van der Waals surface area contributed by atoms with Crippen molar-refractivity contribution in [3.8, 4) is 16.8 Å². The molecule has 8 heteroatoms. The first-order chi connectivity index (χ1) is 12.2. The summed E-state index contributed by atoms with van der Waals surface area (Å²) in [5.74, 6) is -1.74. The lowest BCUT2D eigenvalue weighted by Gasteiger charge is -2.17. The number of benzene rings is 2. The third kappa shape index (κ3) is 3.43. The van der Waals surface area contributed by atoms with Gasteiger partial charge >= 0.3 is 6.18 Å². The molecule has 134 valence electrons. The highest BCUT2D eigenvalue weighted by Gasteiger charge is 2.37. The number of nitrogens with zero attached hydrogens (tertiary/aromatic N) is 1. The van der Waals surface area contributed by atoms with Crippen molar-refractivity contribution in [3.63, 3.8) is 0 Å². The highest BCUT2D eigenvalue weighted by Crippen LogP contribution is 2.39. The van der Waals surface area contributed by atoms with Gasteiger partial charge < -0.3 is 14.5 Å². The van der Waals surface area contributed by atoms with Crippen molar-refractivity contribution >= 4 is 29.2 Å². The Morgan fingerprint density at radius 1 is 0.962 bits per heavy atom. The highest BCUT2D eigenvalue weighted by atomic mass is 35.5. The van der Waals surface area contributed by atoms with E-state index in [4.69, 9.17) is 23.2 Å². The van der Waals surface area contributed by atoms with Crippen molar-refractivity contribution in [1.82, 2.24) is 4.57 Å². The van der Waals surface area contributed by atoms with Crippen LogP contribution in [0.1, 0.15) is 16.2 Å². The van der Waals surface area contributed by atoms with E-state index in [0.717, 1.165) is 6.07 Å². The second-order valence-corrected chi connectivity index (χ2v) is 6.27.